The van der Waals surface area contributed by atoms with Crippen molar-refractivity contribution in [3.8, 4) is 0 Å². The fourth-order valence-electron chi connectivity index (χ4n) is 4.37. The van der Waals surface area contributed by atoms with Crippen LogP contribution in [0.2, 0.25) is 5.02 Å². The van der Waals surface area contributed by atoms with E-state index in [9.17, 15) is 14.7 Å². The highest BCUT2D eigenvalue weighted by Crippen LogP contribution is 2.47. The molecular weight excluding hydrogens is 406 g/mol. The lowest BCUT2D eigenvalue weighted by Crippen LogP contribution is -2.45. The SMILES string of the molecule is Cc1cnc(CC(=O)Nc2cc([C@H]3CC[C@@H](N(C(=O)O)C4(C)CC4)C3)[nH]n2)c(Cl)c1. The molecule has 0 aliphatic heterocycles. The number of anilines is 1. The number of aryl methyl sites for hydroxylation is 1. The average Bonchev–Trinajstić information content (AvgIpc) is 3.07. The third-order valence-corrected chi connectivity index (χ3v) is 6.55. The lowest BCUT2D eigenvalue weighted by Gasteiger charge is -2.32. The molecule has 0 bridgehead atoms. The van der Waals surface area contributed by atoms with Gasteiger partial charge in [0.1, 0.15) is 0 Å². The molecule has 2 aromatic rings. The van der Waals surface area contributed by atoms with Gasteiger partial charge in [0.05, 0.1) is 17.1 Å². The number of hydrogen-bond donors (Lipinski definition) is 3. The molecule has 2 heterocycles. The molecule has 4 rings (SSSR count). The van der Waals surface area contributed by atoms with E-state index in [0.717, 1.165) is 43.4 Å². The van der Waals surface area contributed by atoms with Crippen LogP contribution in [0.1, 0.15) is 61.9 Å². The maximum Gasteiger partial charge on any atom is 0.408 e. The number of amides is 2. The number of H-pyrrole nitrogens is 1. The van der Waals surface area contributed by atoms with Crippen LogP contribution >= 0.6 is 11.6 Å². The summed E-state index contributed by atoms with van der Waals surface area (Å²) in [5.74, 6) is 0.408. The maximum atomic E-state index is 12.3. The Labute approximate surface area is 180 Å². The summed E-state index contributed by atoms with van der Waals surface area (Å²) in [7, 11) is 0. The molecule has 2 saturated carbocycles. The fourth-order valence-corrected chi connectivity index (χ4v) is 4.65. The van der Waals surface area contributed by atoms with Crippen molar-refractivity contribution in [2.75, 3.05) is 5.32 Å². The van der Waals surface area contributed by atoms with Crippen molar-refractivity contribution in [3.63, 3.8) is 0 Å². The van der Waals surface area contributed by atoms with Gasteiger partial charge in [0.2, 0.25) is 5.91 Å². The van der Waals surface area contributed by atoms with Crippen LogP contribution in [0, 0.1) is 6.92 Å². The normalized spacial score (nSPS) is 22.0. The van der Waals surface area contributed by atoms with Crippen molar-refractivity contribution >= 4 is 29.4 Å². The molecule has 0 unspecified atom stereocenters. The van der Waals surface area contributed by atoms with Crippen LogP contribution < -0.4 is 5.32 Å². The molecule has 8 nitrogen and oxygen atoms in total. The van der Waals surface area contributed by atoms with E-state index in [1.807, 2.05) is 19.9 Å². The zero-order valence-electron chi connectivity index (χ0n) is 17.1. The first-order valence-corrected chi connectivity index (χ1v) is 10.6. The van der Waals surface area contributed by atoms with E-state index in [4.69, 9.17) is 11.6 Å². The van der Waals surface area contributed by atoms with E-state index in [1.54, 1.807) is 17.2 Å². The number of pyridine rings is 1. The van der Waals surface area contributed by atoms with Gasteiger partial charge in [0, 0.05) is 35.5 Å². The second-order valence-electron chi connectivity index (χ2n) is 8.69. The van der Waals surface area contributed by atoms with Gasteiger partial charge in [-0.2, -0.15) is 5.10 Å². The summed E-state index contributed by atoms with van der Waals surface area (Å²) in [4.78, 5) is 30.0. The summed E-state index contributed by atoms with van der Waals surface area (Å²) < 4.78 is 0. The van der Waals surface area contributed by atoms with Crippen LogP contribution in [0.25, 0.3) is 0 Å². The van der Waals surface area contributed by atoms with Crippen molar-refractivity contribution in [1.82, 2.24) is 20.1 Å². The van der Waals surface area contributed by atoms with E-state index < -0.39 is 6.09 Å². The van der Waals surface area contributed by atoms with Crippen LogP contribution in [0.15, 0.2) is 18.3 Å². The number of aromatic nitrogens is 3. The number of carbonyl (C=O) groups excluding carboxylic acids is 1. The Morgan fingerprint density at radius 2 is 2.13 bits per heavy atom. The number of nitrogens with zero attached hydrogens (tertiary/aromatic N) is 3. The molecule has 160 valence electrons. The van der Waals surface area contributed by atoms with E-state index in [0.29, 0.717) is 16.5 Å². The van der Waals surface area contributed by atoms with Crippen molar-refractivity contribution in [1.29, 1.82) is 0 Å². The highest BCUT2D eigenvalue weighted by Gasteiger charge is 2.50. The molecule has 2 aliphatic rings. The zero-order valence-corrected chi connectivity index (χ0v) is 17.9. The van der Waals surface area contributed by atoms with Crippen LogP contribution in [-0.2, 0) is 11.2 Å². The molecule has 0 radical (unpaired) electrons. The van der Waals surface area contributed by atoms with Gasteiger partial charge in [-0.3, -0.25) is 19.8 Å². The molecule has 2 fully saturated rings. The summed E-state index contributed by atoms with van der Waals surface area (Å²) in [6.45, 7) is 3.91. The Morgan fingerprint density at radius 1 is 1.37 bits per heavy atom. The van der Waals surface area contributed by atoms with Gasteiger partial charge in [0.25, 0.3) is 0 Å². The van der Waals surface area contributed by atoms with Gasteiger partial charge in [-0.15, -0.1) is 0 Å². The smallest absolute Gasteiger partial charge is 0.408 e. The number of halogens is 1. The molecular formula is C21H26ClN5O3. The van der Waals surface area contributed by atoms with E-state index in [-0.39, 0.29) is 29.8 Å². The van der Waals surface area contributed by atoms with Gasteiger partial charge in [-0.05, 0) is 57.6 Å². The highest BCUT2D eigenvalue weighted by molar-refractivity contribution is 6.31. The first kappa shape index (κ1) is 20.7. The van der Waals surface area contributed by atoms with Gasteiger partial charge in [-0.25, -0.2) is 4.79 Å². The molecule has 9 heteroatoms. The number of aromatic amines is 1. The Balaban J connectivity index is 1.36. The minimum Gasteiger partial charge on any atom is -0.465 e. The lowest BCUT2D eigenvalue weighted by atomic mass is 10.0. The standard InChI is InChI=1S/C21H26ClN5O3/c1-12-7-15(22)17(23-11-12)10-19(28)24-18-9-16(25-26-18)13-3-4-14(8-13)27(20(29)30)21(2)5-6-21/h7,9,11,13-14H,3-6,8,10H2,1-2H3,(H,29,30)(H2,24,25,26,28)/t13-,14+/m0/s1. The third kappa shape index (κ3) is 4.28. The Kier molecular flexibility index (Phi) is 5.44. The van der Waals surface area contributed by atoms with Gasteiger partial charge < -0.3 is 10.4 Å². The summed E-state index contributed by atoms with van der Waals surface area (Å²) >= 11 is 6.15. The minimum absolute atomic E-state index is 0.0242. The quantitative estimate of drug-likeness (QED) is 0.637. The first-order valence-electron chi connectivity index (χ1n) is 10.2. The largest absolute Gasteiger partial charge is 0.465 e. The third-order valence-electron chi connectivity index (χ3n) is 6.22. The second-order valence-corrected chi connectivity index (χ2v) is 9.10. The predicted octanol–water partition coefficient (Wildman–Crippen LogP) is 4.12. The zero-order chi connectivity index (χ0) is 21.5. The monoisotopic (exact) mass is 431 g/mol. The average molecular weight is 432 g/mol. The number of rotatable bonds is 6. The molecule has 0 aromatic carbocycles. The van der Waals surface area contributed by atoms with Crippen molar-refractivity contribution < 1.29 is 14.7 Å². The molecule has 2 aliphatic carbocycles. The molecule has 2 aromatic heterocycles. The Bertz CT molecular complexity index is 971. The number of nitrogens with one attached hydrogen (secondary N) is 2. The van der Waals surface area contributed by atoms with Gasteiger partial charge >= 0.3 is 6.09 Å². The van der Waals surface area contributed by atoms with Gasteiger partial charge in [0.15, 0.2) is 5.82 Å². The summed E-state index contributed by atoms with van der Waals surface area (Å²) in [5.41, 5.74) is 2.18. The van der Waals surface area contributed by atoms with Crippen molar-refractivity contribution in [3.05, 3.63) is 40.3 Å². The number of hydrogen-bond acceptors (Lipinski definition) is 4. The summed E-state index contributed by atoms with van der Waals surface area (Å²) in [6.07, 6.45) is 5.27. The Morgan fingerprint density at radius 3 is 2.80 bits per heavy atom. The molecule has 30 heavy (non-hydrogen) atoms. The van der Waals surface area contributed by atoms with Crippen molar-refractivity contribution in [2.24, 2.45) is 0 Å². The van der Waals surface area contributed by atoms with Crippen molar-refractivity contribution in [2.45, 2.75) is 69.9 Å². The maximum absolute atomic E-state index is 12.3. The van der Waals surface area contributed by atoms with Crippen LogP contribution in [0.4, 0.5) is 10.6 Å². The minimum atomic E-state index is -0.832. The molecule has 2 amide bonds. The second kappa shape index (κ2) is 7.91. The predicted molar refractivity (Wildman–Crippen MR) is 113 cm³/mol. The molecule has 0 spiro atoms. The van der Waals surface area contributed by atoms with Gasteiger partial charge in [-0.1, -0.05) is 11.6 Å². The first-order chi connectivity index (χ1) is 14.2. The summed E-state index contributed by atoms with van der Waals surface area (Å²) in [6, 6.07) is 3.64. The van der Waals surface area contributed by atoms with E-state index in [2.05, 4.69) is 20.5 Å². The van der Waals surface area contributed by atoms with E-state index >= 15 is 0 Å². The fraction of sp³-hybridized carbons (Fsp3) is 0.524. The highest BCUT2D eigenvalue weighted by atomic mass is 35.5. The number of carboxylic acid groups (broad SMARTS) is 1. The lowest BCUT2D eigenvalue weighted by molar-refractivity contribution is -0.115. The van der Waals surface area contributed by atoms with Crippen LogP contribution in [-0.4, -0.2) is 48.8 Å². The topological polar surface area (TPSA) is 111 Å². The Hall–Kier alpha value is -2.61. The molecule has 2 atom stereocenters. The molecule has 0 saturated heterocycles. The van der Waals surface area contributed by atoms with Crippen LogP contribution in [0.5, 0.6) is 0 Å². The van der Waals surface area contributed by atoms with E-state index in [1.165, 1.54) is 0 Å². The molecule has 3 N–H and O–H groups in total. The summed E-state index contributed by atoms with van der Waals surface area (Å²) in [5, 5.41) is 20.1. The number of carbonyl (C=O) groups is 2. The van der Waals surface area contributed by atoms with Crippen LogP contribution in [0.3, 0.4) is 0 Å².